The average molecular weight is 661 g/mol. The Labute approximate surface area is 276 Å². The number of thiocarbonyl (C=S) groups is 1. The molecule has 5 nitrogen and oxygen atoms in total. The van der Waals surface area contributed by atoms with Gasteiger partial charge in [0.25, 0.3) is 0 Å². The van der Waals surface area contributed by atoms with Gasteiger partial charge in [0.2, 0.25) is 5.91 Å². The van der Waals surface area contributed by atoms with Gasteiger partial charge < -0.3 is 14.1 Å². The SMILES string of the molecule is CC(S)=C(C(=S)OC(c1ccccc1)c1ccccc1)[C@H]1[C@@H]([C@@H](C)O[Si](C)(C)C(C)(C)C)C(=O)N1c1cccc2scnc12. The van der Waals surface area contributed by atoms with Crippen molar-refractivity contribution < 1.29 is 14.0 Å². The Kier molecular flexibility index (Phi) is 9.54. The van der Waals surface area contributed by atoms with Crippen molar-refractivity contribution in [2.75, 3.05) is 4.90 Å². The number of anilines is 1. The van der Waals surface area contributed by atoms with E-state index in [1.807, 2.05) is 103 Å². The van der Waals surface area contributed by atoms with E-state index in [2.05, 4.69) is 38.8 Å². The lowest BCUT2D eigenvalue weighted by molar-refractivity contribution is -0.133. The van der Waals surface area contributed by atoms with Crippen LogP contribution in [0.2, 0.25) is 18.1 Å². The van der Waals surface area contributed by atoms with Crippen molar-refractivity contribution in [1.29, 1.82) is 0 Å². The van der Waals surface area contributed by atoms with E-state index in [1.54, 1.807) is 11.3 Å². The number of fused-ring (bicyclic) bond motifs is 1. The van der Waals surface area contributed by atoms with E-state index in [-0.39, 0.29) is 17.0 Å². The Balaban J connectivity index is 1.57. The van der Waals surface area contributed by atoms with Crippen LogP contribution in [0.3, 0.4) is 0 Å². The van der Waals surface area contributed by atoms with E-state index in [9.17, 15) is 4.79 Å². The summed E-state index contributed by atoms with van der Waals surface area (Å²) < 4.78 is 14.6. The zero-order valence-electron chi connectivity index (χ0n) is 26.3. The molecule has 230 valence electrons. The van der Waals surface area contributed by atoms with E-state index in [0.29, 0.717) is 15.5 Å². The van der Waals surface area contributed by atoms with Gasteiger partial charge >= 0.3 is 0 Å². The van der Waals surface area contributed by atoms with Crippen molar-refractivity contribution in [3.8, 4) is 0 Å². The number of benzene rings is 3. The first-order valence-electron chi connectivity index (χ1n) is 14.9. The molecule has 0 unspecified atom stereocenters. The van der Waals surface area contributed by atoms with Gasteiger partial charge in [0, 0.05) is 5.57 Å². The van der Waals surface area contributed by atoms with Crippen molar-refractivity contribution >= 4 is 71.4 Å². The van der Waals surface area contributed by atoms with Crippen molar-refractivity contribution in [2.45, 2.75) is 71.0 Å². The van der Waals surface area contributed by atoms with E-state index >= 15 is 0 Å². The Morgan fingerprint density at radius 1 is 1.00 bits per heavy atom. The van der Waals surface area contributed by atoms with Gasteiger partial charge in [0.1, 0.15) is 11.6 Å². The van der Waals surface area contributed by atoms with Crippen LogP contribution in [0.15, 0.2) is 94.9 Å². The minimum Gasteiger partial charge on any atom is -0.470 e. The van der Waals surface area contributed by atoms with Gasteiger partial charge in [-0.05, 0) is 72.4 Å². The lowest BCUT2D eigenvalue weighted by Gasteiger charge is -2.52. The van der Waals surface area contributed by atoms with Gasteiger partial charge in [0.05, 0.1) is 34.0 Å². The van der Waals surface area contributed by atoms with E-state index in [1.165, 1.54) is 0 Å². The topological polar surface area (TPSA) is 51.7 Å². The van der Waals surface area contributed by atoms with Gasteiger partial charge in [-0.3, -0.25) is 4.79 Å². The van der Waals surface area contributed by atoms with Crippen LogP contribution in [-0.4, -0.2) is 36.4 Å². The number of carbonyl (C=O) groups is 1. The molecule has 2 heterocycles. The molecule has 3 atom stereocenters. The first-order chi connectivity index (χ1) is 20.8. The number of thiol groups is 1. The molecule has 1 amide bonds. The number of rotatable bonds is 9. The first kappa shape index (κ1) is 32.6. The summed E-state index contributed by atoms with van der Waals surface area (Å²) in [6, 6.07) is 25.6. The third-order valence-electron chi connectivity index (χ3n) is 8.87. The number of carbonyl (C=O) groups excluding carboxylic acids is 1. The lowest BCUT2D eigenvalue weighted by atomic mass is 9.78. The average Bonchev–Trinajstić information content (AvgIpc) is 3.45. The summed E-state index contributed by atoms with van der Waals surface area (Å²) in [6.07, 6.45) is -0.776. The summed E-state index contributed by atoms with van der Waals surface area (Å²) in [5.41, 5.74) is 6.04. The van der Waals surface area contributed by atoms with Gasteiger partial charge in [-0.15, -0.1) is 24.0 Å². The number of ether oxygens (including phenoxy) is 1. The molecule has 0 bridgehead atoms. The summed E-state index contributed by atoms with van der Waals surface area (Å²) in [7, 11) is -2.19. The molecule has 1 aliphatic heterocycles. The molecule has 9 heteroatoms. The monoisotopic (exact) mass is 660 g/mol. The maximum absolute atomic E-state index is 14.2. The van der Waals surface area contributed by atoms with Crippen LogP contribution >= 0.6 is 36.2 Å². The van der Waals surface area contributed by atoms with Gasteiger partial charge in [-0.25, -0.2) is 4.98 Å². The summed E-state index contributed by atoms with van der Waals surface area (Å²) in [5.74, 6) is -0.483. The van der Waals surface area contributed by atoms with Crippen molar-refractivity contribution in [2.24, 2.45) is 5.92 Å². The van der Waals surface area contributed by atoms with E-state index < -0.39 is 26.4 Å². The summed E-state index contributed by atoms with van der Waals surface area (Å²) >= 11 is 12.5. The minimum atomic E-state index is -2.19. The molecule has 1 fully saturated rings. The fraction of sp³-hybridized carbons (Fsp3) is 0.343. The Hall–Kier alpha value is -2.82. The number of hydrogen-bond donors (Lipinski definition) is 1. The standard InChI is InChI=1S/C35H40N2O3S3Si/c1-22(40-44(6,7)35(3,4)5)28-31(37(33(28)38)26-19-14-20-27-30(26)36-21-43-27)29(23(2)41)34(42)39-32(24-15-10-8-11-16-24)25-17-12-9-13-18-25/h8-22,28,31-32,41H,1-7H3/t22-,28-,31-/m1/s1. The number of allylic oxidation sites excluding steroid dienone is 1. The molecular weight excluding hydrogens is 621 g/mol. The second kappa shape index (κ2) is 12.9. The lowest BCUT2D eigenvalue weighted by Crippen LogP contribution is -2.67. The highest BCUT2D eigenvalue weighted by atomic mass is 32.1. The Morgan fingerprint density at radius 3 is 2.14 bits per heavy atom. The van der Waals surface area contributed by atoms with Crippen molar-refractivity contribution in [1.82, 2.24) is 4.98 Å². The normalized spacial score (nSPS) is 18.7. The summed E-state index contributed by atoms with van der Waals surface area (Å²) in [5, 5.41) is 0.303. The summed E-state index contributed by atoms with van der Waals surface area (Å²) in [6.45, 7) is 15.0. The fourth-order valence-electron chi connectivity index (χ4n) is 5.56. The molecule has 0 radical (unpaired) electrons. The van der Waals surface area contributed by atoms with Crippen LogP contribution in [0.25, 0.3) is 10.2 Å². The minimum absolute atomic E-state index is 0.00936. The maximum atomic E-state index is 14.2. The van der Waals surface area contributed by atoms with Crippen molar-refractivity contribution in [3.05, 3.63) is 106 Å². The van der Waals surface area contributed by atoms with Gasteiger partial charge in [-0.1, -0.05) is 87.5 Å². The number of amides is 1. The molecule has 1 aromatic heterocycles. The van der Waals surface area contributed by atoms with E-state index in [0.717, 1.165) is 27.0 Å². The molecule has 44 heavy (non-hydrogen) atoms. The smallest absolute Gasteiger partial charge is 0.235 e. The van der Waals surface area contributed by atoms with Crippen LogP contribution in [0.5, 0.6) is 0 Å². The Morgan fingerprint density at radius 2 is 1.59 bits per heavy atom. The molecule has 0 aliphatic carbocycles. The third kappa shape index (κ3) is 6.30. The summed E-state index contributed by atoms with van der Waals surface area (Å²) in [4.78, 5) is 21.4. The third-order valence-corrected chi connectivity index (χ3v) is 14.8. The first-order valence-corrected chi connectivity index (χ1v) is 19.5. The van der Waals surface area contributed by atoms with Crippen LogP contribution < -0.4 is 4.90 Å². The number of nitrogens with zero attached hydrogens (tertiary/aromatic N) is 2. The second-order valence-electron chi connectivity index (χ2n) is 12.8. The van der Waals surface area contributed by atoms with Gasteiger partial charge in [-0.2, -0.15) is 0 Å². The highest BCUT2D eigenvalue weighted by molar-refractivity contribution is 7.84. The van der Waals surface area contributed by atoms with E-state index in [4.69, 9.17) is 34.0 Å². The number of hydrogen-bond acceptors (Lipinski definition) is 7. The molecular formula is C35H40N2O3S3Si. The van der Waals surface area contributed by atoms with Crippen LogP contribution in [0.1, 0.15) is 51.8 Å². The zero-order chi connectivity index (χ0) is 31.8. The molecule has 4 aromatic rings. The predicted octanol–water partition coefficient (Wildman–Crippen LogP) is 9.38. The molecule has 1 aliphatic rings. The number of para-hydroxylation sites is 1. The number of β-lactam (4-membered cyclic amide) rings is 1. The fourth-order valence-corrected chi connectivity index (χ4v) is 8.37. The largest absolute Gasteiger partial charge is 0.470 e. The molecule has 3 aromatic carbocycles. The zero-order valence-corrected chi connectivity index (χ0v) is 29.8. The van der Waals surface area contributed by atoms with Crippen molar-refractivity contribution in [3.63, 3.8) is 0 Å². The van der Waals surface area contributed by atoms with Crippen LogP contribution in [-0.2, 0) is 14.0 Å². The molecule has 0 saturated carbocycles. The molecule has 1 saturated heterocycles. The quantitative estimate of drug-likeness (QED) is 0.0638. The maximum Gasteiger partial charge on any atom is 0.235 e. The highest BCUT2D eigenvalue weighted by Gasteiger charge is 2.56. The number of thiazole rings is 1. The van der Waals surface area contributed by atoms with Gasteiger partial charge in [0.15, 0.2) is 13.4 Å². The molecule has 0 N–H and O–H groups in total. The predicted molar refractivity (Wildman–Crippen MR) is 192 cm³/mol. The molecule has 0 spiro atoms. The highest BCUT2D eigenvalue weighted by Crippen LogP contribution is 2.46. The van der Waals surface area contributed by atoms with Crippen LogP contribution in [0.4, 0.5) is 5.69 Å². The van der Waals surface area contributed by atoms with Crippen LogP contribution in [0, 0.1) is 5.92 Å². The number of aromatic nitrogens is 1. The Bertz CT molecular complexity index is 1640. The second-order valence-corrected chi connectivity index (χ2v) is 19.5. The molecule has 5 rings (SSSR count).